The fourth-order valence-electron chi connectivity index (χ4n) is 4.13. The Labute approximate surface area is 165 Å². The van der Waals surface area contributed by atoms with Gasteiger partial charge in [0, 0.05) is 17.5 Å². The van der Waals surface area contributed by atoms with Crippen molar-refractivity contribution in [1.82, 2.24) is 0 Å². The first-order chi connectivity index (χ1) is 13.9. The van der Waals surface area contributed by atoms with Crippen molar-refractivity contribution in [2.45, 2.75) is 11.7 Å². The van der Waals surface area contributed by atoms with Crippen LogP contribution >= 0.6 is 0 Å². The van der Waals surface area contributed by atoms with Crippen LogP contribution in [0.3, 0.4) is 0 Å². The topological polar surface area (TPSA) is 113 Å². The zero-order valence-corrected chi connectivity index (χ0v) is 15.6. The van der Waals surface area contributed by atoms with E-state index in [9.17, 15) is 15.0 Å². The molecule has 0 bridgehead atoms. The Morgan fingerprint density at radius 1 is 1.00 bits per heavy atom. The predicted octanol–water partition coefficient (Wildman–Crippen LogP) is 1.52. The van der Waals surface area contributed by atoms with Gasteiger partial charge >= 0.3 is 5.97 Å². The average molecular weight is 402 g/mol. The maximum Gasteiger partial charge on any atom is 0.317 e. The van der Waals surface area contributed by atoms with Gasteiger partial charge in [-0.05, 0) is 23.8 Å². The van der Waals surface area contributed by atoms with E-state index in [4.69, 9.17) is 28.4 Å². The van der Waals surface area contributed by atoms with Crippen molar-refractivity contribution >= 4 is 5.97 Å². The molecule has 3 aliphatic heterocycles. The monoisotopic (exact) mass is 402 g/mol. The van der Waals surface area contributed by atoms with Crippen LogP contribution < -0.4 is 23.7 Å². The molecular formula is C20H18O9. The molecule has 1 fully saturated rings. The second kappa shape index (κ2) is 6.08. The van der Waals surface area contributed by atoms with Crippen LogP contribution in [0.5, 0.6) is 34.5 Å². The number of esters is 1. The molecule has 0 saturated carbocycles. The van der Waals surface area contributed by atoms with Crippen molar-refractivity contribution < 1.29 is 43.4 Å². The molecule has 3 aliphatic rings. The van der Waals surface area contributed by atoms with Gasteiger partial charge in [-0.1, -0.05) is 0 Å². The lowest BCUT2D eigenvalue weighted by Crippen LogP contribution is -2.50. The second-order valence-electron chi connectivity index (χ2n) is 7.03. The Kier molecular flexibility index (Phi) is 3.72. The van der Waals surface area contributed by atoms with E-state index in [2.05, 4.69) is 0 Å². The molecule has 3 heterocycles. The molecule has 0 amide bonds. The fourth-order valence-corrected chi connectivity index (χ4v) is 4.13. The van der Waals surface area contributed by atoms with Crippen LogP contribution in [0.2, 0.25) is 0 Å². The molecule has 152 valence electrons. The maximum atomic E-state index is 12.6. The van der Waals surface area contributed by atoms with Gasteiger partial charge in [0.2, 0.25) is 12.5 Å². The van der Waals surface area contributed by atoms with E-state index in [1.807, 2.05) is 0 Å². The van der Waals surface area contributed by atoms with E-state index >= 15 is 0 Å². The molecule has 0 spiro atoms. The molecule has 2 aromatic carbocycles. The normalized spacial score (nSPS) is 26.2. The summed E-state index contributed by atoms with van der Waals surface area (Å²) in [4.78, 5) is 12.6. The van der Waals surface area contributed by atoms with Gasteiger partial charge in [-0.15, -0.1) is 0 Å². The number of rotatable bonds is 3. The first-order valence-corrected chi connectivity index (χ1v) is 8.91. The quantitative estimate of drug-likeness (QED) is 0.738. The molecule has 0 unspecified atom stereocenters. The highest BCUT2D eigenvalue weighted by atomic mass is 16.7. The molecule has 5 rings (SSSR count). The Hall–Kier alpha value is -3.33. The largest absolute Gasteiger partial charge is 0.502 e. The lowest BCUT2D eigenvalue weighted by atomic mass is 9.75. The smallest absolute Gasteiger partial charge is 0.317 e. The number of aliphatic hydroxyl groups is 1. The number of aromatic hydroxyl groups is 1. The number of hydrogen-bond donors (Lipinski definition) is 2. The van der Waals surface area contributed by atoms with Gasteiger partial charge in [-0.2, -0.15) is 0 Å². The number of carbonyl (C=O) groups is 1. The summed E-state index contributed by atoms with van der Waals surface area (Å²) in [6, 6.07) is 6.53. The van der Waals surface area contributed by atoms with Gasteiger partial charge in [0.05, 0.1) is 14.2 Å². The molecule has 29 heavy (non-hydrogen) atoms. The van der Waals surface area contributed by atoms with Gasteiger partial charge in [-0.25, -0.2) is 0 Å². The number of phenols is 1. The summed E-state index contributed by atoms with van der Waals surface area (Å²) in [6.07, 6.45) is 0. The third kappa shape index (κ3) is 2.47. The summed E-state index contributed by atoms with van der Waals surface area (Å²) in [7, 11) is 2.82. The van der Waals surface area contributed by atoms with Crippen molar-refractivity contribution in [2.24, 2.45) is 5.92 Å². The summed E-state index contributed by atoms with van der Waals surface area (Å²) in [5.74, 6) is -2.63. The first-order valence-electron chi connectivity index (χ1n) is 8.91. The number of ether oxygens (including phenoxy) is 6. The number of benzene rings is 2. The van der Waals surface area contributed by atoms with E-state index in [0.29, 0.717) is 28.4 Å². The summed E-state index contributed by atoms with van der Waals surface area (Å²) in [5, 5.41) is 21.3. The van der Waals surface area contributed by atoms with E-state index in [1.54, 1.807) is 24.3 Å². The number of fused-ring (bicyclic) bond motifs is 3. The molecule has 2 aromatic rings. The van der Waals surface area contributed by atoms with E-state index in [-0.39, 0.29) is 30.6 Å². The highest BCUT2D eigenvalue weighted by molar-refractivity contribution is 5.80. The van der Waals surface area contributed by atoms with E-state index in [1.165, 1.54) is 14.2 Å². The standard InChI is InChI=1S/C20H18O9/c1-24-14-3-9(4-15(25-2)18(14)21)16-10-5-12-13(28-8-27-12)6-11(10)29-20(23)7-26-19(22)17(16)20/h3-6,16-17,21,23H,7-8H2,1-2H3/t16-,17-,20-/m0/s1. The third-order valence-corrected chi connectivity index (χ3v) is 5.48. The van der Waals surface area contributed by atoms with Crippen LogP contribution in [-0.4, -0.2) is 49.6 Å². The third-order valence-electron chi connectivity index (χ3n) is 5.48. The number of cyclic esters (lactones) is 1. The van der Waals surface area contributed by atoms with Crippen LogP contribution in [0.4, 0.5) is 0 Å². The maximum absolute atomic E-state index is 12.6. The fraction of sp³-hybridized carbons (Fsp3) is 0.350. The zero-order valence-electron chi connectivity index (χ0n) is 15.6. The van der Waals surface area contributed by atoms with Crippen molar-refractivity contribution in [3.8, 4) is 34.5 Å². The summed E-state index contributed by atoms with van der Waals surface area (Å²) in [5.41, 5.74) is 1.18. The molecule has 1 saturated heterocycles. The minimum Gasteiger partial charge on any atom is -0.502 e. The van der Waals surface area contributed by atoms with Crippen molar-refractivity contribution in [2.75, 3.05) is 27.6 Å². The van der Waals surface area contributed by atoms with E-state index < -0.39 is 23.6 Å². The number of hydrogen-bond acceptors (Lipinski definition) is 9. The molecule has 3 atom stereocenters. The minimum atomic E-state index is -1.85. The summed E-state index contributed by atoms with van der Waals surface area (Å²) in [6.45, 7) is -0.229. The van der Waals surface area contributed by atoms with Gasteiger partial charge in [0.15, 0.2) is 29.6 Å². The molecule has 0 radical (unpaired) electrons. The average Bonchev–Trinajstić information content (AvgIpc) is 3.28. The molecule has 0 aliphatic carbocycles. The molecule has 9 nitrogen and oxygen atoms in total. The number of methoxy groups -OCH3 is 2. The SMILES string of the molecule is COc1cc([C@H]2c3cc4c(cc3O[C@@]3(O)COC(=O)[C@H]23)OCO4)cc(OC)c1O. The number of carbonyl (C=O) groups excluding carboxylic acids is 1. The van der Waals surface area contributed by atoms with Crippen molar-refractivity contribution in [3.63, 3.8) is 0 Å². The highest BCUT2D eigenvalue weighted by Crippen LogP contribution is 2.55. The molecule has 9 heteroatoms. The van der Waals surface area contributed by atoms with Crippen LogP contribution in [0.15, 0.2) is 24.3 Å². The summed E-state index contributed by atoms with van der Waals surface area (Å²) < 4.78 is 32.3. The molecule has 0 aromatic heterocycles. The van der Waals surface area contributed by atoms with E-state index in [0.717, 1.165) is 0 Å². The highest BCUT2D eigenvalue weighted by Gasteiger charge is 2.59. The minimum absolute atomic E-state index is 0.0689. The number of phenolic OH excluding ortho intramolecular Hbond substituents is 1. The Balaban J connectivity index is 1.75. The van der Waals surface area contributed by atoms with Crippen LogP contribution in [0.25, 0.3) is 0 Å². The van der Waals surface area contributed by atoms with Gasteiger partial charge in [0.25, 0.3) is 5.79 Å². The van der Waals surface area contributed by atoms with Gasteiger partial charge in [-0.3, -0.25) is 4.79 Å². The zero-order chi connectivity index (χ0) is 20.3. The lowest BCUT2D eigenvalue weighted by Gasteiger charge is -2.38. The van der Waals surface area contributed by atoms with Crippen molar-refractivity contribution in [1.29, 1.82) is 0 Å². The predicted molar refractivity (Wildman–Crippen MR) is 95.6 cm³/mol. The molecular weight excluding hydrogens is 384 g/mol. The summed E-state index contributed by atoms with van der Waals surface area (Å²) >= 11 is 0. The second-order valence-corrected chi connectivity index (χ2v) is 7.03. The van der Waals surface area contributed by atoms with Crippen molar-refractivity contribution in [3.05, 3.63) is 35.4 Å². The Bertz CT molecular complexity index is 992. The van der Waals surface area contributed by atoms with Gasteiger partial charge < -0.3 is 38.6 Å². The Morgan fingerprint density at radius 3 is 2.31 bits per heavy atom. The van der Waals surface area contributed by atoms with Gasteiger partial charge in [0.1, 0.15) is 11.7 Å². The van der Waals surface area contributed by atoms with Crippen LogP contribution in [0.1, 0.15) is 17.0 Å². The first kappa shape index (κ1) is 17.7. The van der Waals surface area contributed by atoms with Crippen LogP contribution in [0, 0.1) is 5.92 Å². The van der Waals surface area contributed by atoms with Crippen LogP contribution in [-0.2, 0) is 9.53 Å². The lowest BCUT2D eigenvalue weighted by molar-refractivity contribution is -0.173. The Morgan fingerprint density at radius 2 is 1.66 bits per heavy atom. The molecule has 2 N–H and O–H groups in total.